The monoisotopic (exact) mass is 475 g/mol. The quantitative estimate of drug-likeness (QED) is 0.471. The fourth-order valence-corrected chi connectivity index (χ4v) is 4.92. The Morgan fingerprint density at radius 3 is 2.31 bits per heavy atom. The van der Waals surface area contributed by atoms with Gasteiger partial charge in [0.1, 0.15) is 10.7 Å². The molecule has 0 aliphatic heterocycles. The molecule has 0 radical (unpaired) electrons. The number of sulfonamides is 1. The van der Waals surface area contributed by atoms with Crippen LogP contribution >= 0.6 is 11.6 Å². The number of rotatable bonds is 8. The molecule has 2 aromatic carbocycles. The Morgan fingerprint density at radius 1 is 1.03 bits per heavy atom. The zero-order valence-corrected chi connectivity index (χ0v) is 19.3. The highest BCUT2D eigenvalue weighted by Gasteiger charge is 2.28. The van der Waals surface area contributed by atoms with E-state index < -0.39 is 26.6 Å². The summed E-state index contributed by atoms with van der Waals surface area (Å²) >= 11 is 5.99. The highest BCUT2D eigenvalue weighted by molar-refractivity contribution is 7.89. The topological polar surface area (TPSA) is 70.6 Å². The van der Waals surface area contributed by atoms with Gasteiger partial charge in [0, 0.05) is 35.6 Å². The van der Waals surface area contributed by atoms with Crippen molar-refractivity contribution in [2.24, 2.45) is 0 Å². The van der Waals surface area contributed by atoms with Gasteiger partial charge >= 0.3 is 0 Å². The smallest absolute Gasteiger partial charge is 0.258 e. The van der Waals surface area contributed by atoms with Crippen molar-refractivity contribution in [3.05, 3.63) is 89.0 Å². The van der Waals surface area contributed by atoms with Gasteiger partial charge in [0.2, 0.25) is 10.0 Å². The number of pyridine rings is 1. The number of hydrogen-bond acceptors (Lipinski definition) is 4. The van der Waals surface area contributed by atoms with Crippen molar-refractivity contribution in [1.29, 1.82) is 0 Å². The molecule has 32 heavy (non-hydrogen) atoms. The van der Waals surface area contributed by atoms with Gasteiger partial charge in [-0.3, -0.25) is 9.78 Å². The second-order valence-corrected chi connectivity index (χ2v) is 9.27. The SMILES string of the molecule is CCN(CC)S(=O)(=O)c1cc(C(=O)N(Cc2ccccn2)c2ccc(Cl)cc2)ccc1F. The first-order valence-corrected chi connectivity index (χ1v) is 11.9. The third-order valence-electron chi connectivity index (χ3n) is 4.93. The van der Waals surface area contributed by atoms with Crippen molar-refractivity contribution in [3.63, 3.8) is 0 Å². The first kappa shape index (κ1) is 23.8. The summed E-state index contributed by atoms with van der Waals surface area (Å²) in [7, 11) is -4.08. The Labute approximate surface area is 192 Å². The van der Waals surface area contributed by atoms with Crippen molar-refractivity contribution < 1.29 is 17.6 Å². The zero-order chi connectivity index (χ0) is 23.3. The molecule has 0 saturated heterocycles. The number of benzene rings is 2. The largest absolute Gasteiger partial charge is 0.302 e. The van der Waals surface area contributed by atoms with Crippen LogP contribution in [0.2, 0.25) is 5.02 Å². The molecule has 0 saturated carbocycles. The van der Waals surface area contributed by atoms with Crippen LogP contribution in [0.3, 0.4) is 0 Å². The molecule has 0 spiro atoms. The maximum Gasteiger partial charge on any atom is 0.258 e. The number of aromatic nitrogens is 1. The predicted molar refractivity (Wildman–Crippen MR) is 123 cm³/mol. The van der Waals surface area contributed by atoms with E-state index in [0.29, 0.717) is 16.4 Å². The Kier molecular flexibility index (Phi) is 7.60. The summed E-state index contributed by atoms with van der Waals surface area (Å²) in [6.45, 7) is 3.85. The van der Waals surface area contributed by atoms with Crippen LogP contribution in [0.1, 0.15) is 29.9 Å². The zero-order valence-electron chi connectivity index (χ0n) is 17.7. The van der Waals surface area contributed by atoms with Crippen molar-refractivity contribution in [2.75, 3.05) is 18.0 Å². The van der Waals surface area contributed by atoms with Crippen LogP contribution in [0.15, 0.2) is 71.8 Å². The number of carbonyl (C=O) groups is 1. The van der Waals surface area contributed by atoms with Crippen molar-refractivity contribution in [2.45, 2.75) is 25.3 Å². The van der Waals surface area contributed by atoms with Gasteiger partial charge in [-0.25, -0.2) is 12.8 Å². The van der Waals surface area contributed by atoms with E-state index in [1.165, 1.54) is 11.0 Å². The molecule has 3 rings (SSSR count). The normalized spacial score (nSPS) is 11.5. The predicted octanol–water partition coefficient (Wildman–Crippen LogP) is 4.75. The number of amides is 1. The second kappa shape index (κ2) is 10.2. The molecule has 9 heteroatoms. The fraction of sp³-hybridized carbons (Fsp3) is 0.217. The van der Waals surface area contributed by atoms with E-state index in [1.807, 2.05) is 0 Å². The lowest BCUT2D eigenvalue weighted by Crippen LogP contribution is -2.33. The first-order chi connectivity index (χ1) is 15.3. The molecule has 168 valence electrons. The molecule has 3 aromatic rings. The number of nitrogens with zero attached hydrogens (tertiary/aromatic N) is 3. The van der Waals surface area contributed by atoms with E-state index in [0.717, 1.165) is 16.4 Å². The molecule has 0 aliphatic carbocycles. The first-order valence-electron chi connectivity index (χ1n) is 10.0. The lowest BCUT2D eigenvalue weighted by Gasteiger charge is -2.24. The van der Waals surface area contributed by atoms with Gasteiger partial charge in [0.25, 0.3) is 5.91 Å². The van der Waals surface area contributed by atoms with Crippen LogP contribution in [0, 0.1) is 5.82 Å². The van der Waals surface area contributed by atoms with Gasteiger partial charge < -0.3 is 4.90 Å². The minimum Gasteiger partial charge on any atom is -0.302 e. The maximum absolute atomic E-state index is 14.5. The highest BCUT2D eigenvalue weighted by atomic mass is 35.5. The molecule has 0 bridgehead atoms. The minimum atomic E-state index is -4.08. The van der Waals surface area contributed by atoms with E-state index in [-0.39, 0.29) is 25.2 Å². The highest BCUT2D eigenvalue weighted by Crippen LogP contribution is 2.25. The summed E-state index contributed by atoms with van der Waals surface area (Å²) in [6.07, 6.45) is 1.62. The maximum atomic E-state index is 14.5. The van der Waals surface area contributed by atoms with Crippen LogP contribution in [0.25, 0.3) is 0 Å². The third kappa shape index (κ3) is 5.15. The fourth-order valence-electron chi connectivity index (χ4n) is 3.25. The molecule has 1 aromatic heterocycles. The lowest BCUT2D eigenvalue weighted by atomic mass is 10.1. The summed E-state index contributed by atoms with van der Waals surface area (Å²) in [4.78, 5) is 18.7. The molecule has 6 nitrogen and oxygen atoms in total. The van der Waals surface area contributed by atoms with Crippen LogP contribution in [0.5, 0.6) is 0 Å². The Hall–Kier alpha value is -2.81. The molecule has 0 unspecified atom stereocenters. The van der Waals surface area contributed by atoms with Crippen molar-refractivity contribution >= 4 is 33.2 Å². The van der Waals surface area contributed by atoms with E-state index >= 15 is 0 Å². The molecule has 1 heterocycles. The summed E-state index contributed by atoms with van der Waals surface area (Å²) in [6, 6.07) is 15.4. The molecule has 0 fully saturated rings. The molecular formula is C23H23ClFN3O3S. The summed E-state index contributed by atoms with van der Waals surface area (Å²) in [5.41, 5.74) is 1.22. The van der Waals surface area contributed by atoms with Gasteiger partial charge in [-0.1, -0.05) is 31.5 Å². The lowest BCUT2D eigenvalue weighted by molar-refractivity contribution is 0.0984. The standard InChI is InChI=1S/C23H23ClFN3O3S/c1-3-27(4-2)32(30,31)22-15-17(8-13-21(22)25)23(29)28(16-19-7-5-6-14-26-19)20-11-9-18(24)10-12-20/h5-15H,3-4,16H2,1-2H3. The summed E-state index contributed by atoms with van der Waals surface area (Å²) in [5.74, 6) is -1.40. The molecule has 0 aliphatic rings. The van der Waals surface area contributed by atoms with Gasteiger partial charge in [0.05, 0.1) is 12.2 Å². The Bertz CT molecular complexity index is 1180. The van der Waals surface area contributed by atoms with E-state index in [2.05, 4.69) is 4.98 Å². The Balaban J connectivity index is 2.05. The van der Waals surface area contributed by atoms with Crippen LogP contribution < -0.4 is 4.90 Å². The Morgan fingerprint density at radius 2 is 1.72 bits per heavy atom. The number of hydrogen-bond donors (Lipinski definition) is 0. The van der Waals surface area contributed by atoms with Gasteiger partial charge in [-0.2, -0.15) is 4.31 Å². The summed E-state index contributed by atoms with van der Waals surface area (Å²) in [5, 5.41) is 0.508. The van der Waals surface area contributed by atoms with Crippen LogP contribution in [-0.2, 0) is 16.6 Å². The summed E-state index contributed by atoms with van der Waals surface area (Å²) < 4.78 is 41.5. The number of anilines is 1. The molecule has 0 N–H and O–H groups in total. The van der Waals surface area contributed by atoms with Crippen molar-refractivity contribution in [1.82, 2.24) is 9.29 Å². The molecular weight excluding hydrogens is 453 g/mol. The minimum absolute atomic E-state index is 0.0445. The molecule has 1 amide bonds. The number of halogens is 2. The number of carbonyl (C=O) groups excluding carboxylic acids is 1. The molecule has 0 atom stereocenters. The van der Waals surface area contributed by atoms with Gasteiger partial charge in [0.15, 0.2) is 0 Å². The van der Waals surface area contributed by atoms with Gasteiger partial charge in [-0.05, 0) is 54.6 Å². The van der Waals surface area contributed by atoms with Crippen LogP contribution in [0.4, 0.5) is 10.1 Å². The van der Waals surface area contributed by atoms with Gasteiger partial charge in [-0.15, -0.1) is 0 Å². The average Bonchev–Trinajstić information content (AvgIpc) is 2.79. The van der Waals surface area contributed by atoms with E-state index in [1.54, 1.807) is 62.5 Å². The van der Waals surface area contributed by atoms with Crippen LogP contribution in [-0.4, -0.2) is 36.7 Å². The second-order valence-electron chi connectivity index (χ2n) is 6.92. The third-order valence-corrected chi connectivity index (χ3v) is 7.25. The van der Waals surface area contributed by atoms with E-state index in [9.17, 15) is 17.6 Å². The van der Waals surface area contributed by atoms with Crippen molar-refractivity contribution in [3.8, 4) is 0 Å². The van der Waals surface area contributed by atoms with E-state index in [4.69, 9.17) is 11.6 Å². The average molecular weight is 476 g/mol.